The van der Waals surface area contributed by atoms with Crippen LogP contribution in [0.1, 0.15) is 68.0 Å². The molecule has 0 spiro atoms. The van der Waals surface area contributed by atoms with E-state index >= 15 is 0 Å². The van der Waals surface area contributed by atoms with Gasteiger partial charge in [0, 0.05) is 43.1 Å². The standard InChI is InChI=1S/C36H42ClN3O5/c1-23(2)45-33-21-31-27(19-32(33)43-4)20-34(41)40(36(31)26-5-9-28(37)10-6-26)30-11-7-25(8-12-30)24(3)39-16-15-38(22-35(39)42)29-13-17-44-18-14-29/h5-12,19,21,23-24,29,36H,13-18,20,22H2,1-4H3/t24-,36?/m0/s1. The number of halogens is 1. The lowest BCUT2D eigenvalue weighted by molar-refractivity contribution is -0.140. The first-order chi connectivity index (χ1) is 21.7. The van der Waals surface area contributed by atoms with E-state index in [1.165, 1.54) is 0 Å². The summed E-state index contributed by atoms with van der Waals surface area (Å²) in [7, 11) is 1.62. The van der Waals surface area contributed by atoms with Gasteiger partial charge in [0.1, 0.15) is 0 Å². The highest BCUT2D eigenvalue weighted by atomic mass is 35.5. The van der Waals surface area contributed by atoms with Crippen LogP contribution in [-0.4, -0.2) is 73.7 Å². The molecule has 3 heterocycles. The third-order valence-electron chi connectivity index (χ3n) is 9.25. The van der Waals surface area contributed by atoms with Crippen molar-refractivity contribution < 1.29 is 23.8 Å². The van der Waals surface area contributed by atoms with Crippen molar-refractivity contribution in [1.82, 2.24) is 9.80 Å². The Morgan fingerprint density at radius 2 is 1.60 bits per heavy atom. The SMILES string of the molecule is COc1cc2c(cc1OC(C)C)C(c1ccc(Cl)cc1)N(c1ccc([C@H](C)N3CCN(C4CCOCC4)CC3=O)cc1)C(=O)C2. The van der Waals surface area contributed by atoms with Crippen molar-refractivity contribution in [1.29, 1.82) is 0 Å². The van der Waals surface area contributed by atoms with Gasteiger partial charge in [-0.05, 0) is 92.3 Å². The number of hydrogen-bond acceptors (Lipinski definition) is 6. The van der Waals surface area contributed by atoms with Gasteiger partial charge in [0.2, 0.25) is 11.8 Å². The van der Waals surface area contributed by atoms with E-state index in [2.05, 4.69) is 11.8 Å². The predicted octanol–water partition coefficient (Wildman–Crippen LogP) is 6.20. The van der Waals surface area contributed by atoms with Gasteiger partial charge in [0.05, 0.1) is 38.3 Å². The van der Waals surface area contributed by atoms with E-state index in [1.807, 2.05) is 84.3 Å². The van der Waals surface area contributed by atoms with Gasteiger partial charge in [-0.3, -0.25) is 14.5 Å². The molecule has 2 amide bonds. The Kier molecular flexibility index (Phi) is 9.36. The Hall–Kier alpha value is -3.59. The number of rotatable bonds is 8. The van der Waals surface area contributed by atoms with Crippen LogP contribution in [0.25, 0.3) is 0 Å². The van der Waals surface area contributed by atoms with E-state index in [0.717, 1.165) is 60.5 Å². The van der Waals surface area contributed by atoms with Gasteiger partial charge < -0.3 is 24.0 Å². The maximum Gasteiger partial charge on any atom is 0.237 e. The van der Waals surface area contributed by atoms with Gasteiger partial charge in [0.15, 0.2) is 11.5 Å². The molecule has 1 unspecified atom stereocenters. The monoisotopic (exact) mass is 631 g/mol. The van der Waals surface area contributed by atoms with Crippen molar-refractivity contribution in [3.8, 4) is 11.5 Å². The number of benzene rings is 3. The largest absolute Gasteiger partial charge is 0.493 e. The summed E-state index contributed by atoms with van der Waals surface area (Å²) in [5.74, 6) is 1.40. The number of carbonyl (C=O) groups is 2. The Bertz CT molecular complexity index is 1520. The van der Waals surface area contributed by atoms with E-state index in [0.29, 0.717) is 35.7 Å². The molecule has 2 atom stereocenters. The first-order valence-electron chi connectivity index (χ1n) is 15.9. The topological polar surface area (TPSA) is 71.6 Å². The summed E-state index contributed by atoms with van der Waals surface area (Å²) < 4.78 is 17.3. The van der Waals surface area contributed by atoms with Crippen LogP contribution < -0.4 is 14.4 Å². The minimum atomic E-state index is -0.387. The molecule has 0 bridgehead atoms. The first kappa shape index (κ1) is 31.4. The highest BCUT2D eigenvalue weighted by Gasteiger charge is 2.37. The quantitative estimate of drug-likeness (QED) is 0.295. The Labute approximate surface area is 270 Å². The van der Waals surface area contributed by atoms with Crippen LogP contribution in [0.15, 0.2) is 60.7 Å². The molecule has 0 N–H and O–H groups in total. The van der Waals surface area contributed by atoms with Crippen molar-refractivity contribution in [2.75, 3.05) is 44.9 Å². The van der Waals surface area contributed by atoms with Crippen LogP contribution >= 0.6 is 11.6 Å². The summed E-state index contributed by atoms with van der Waals surface area (Å²) in [5.41, 5.74) is 4.67. The highest BCUT2D eigenvalue weighted by Crippen LogP contribution is 2.44. The first-order valence-corrected chi connectivity index (χ1v) is 16.3. The van der Waals surface area contributed by atoms with E-state index in [1.54, 1.807) is 7.11 Å². The lowest BCUT2D eigenvalue weighted by atomic mass is 9.86. The molecule has 0 saturated carbocycles. The molecule has 6 rings (SSSR count). The van der Waals surface area contributed by atoms with Gasteiger partial charge in [-0.2, -0.15) is 0 Å². The number of ether oxygens (including phenoxy) is 3. The lowest BCUT2D eigenvalue weighted by Gasteiger charge is -2.42. The molecule has 9 heteroatoms. The van der Waals surface area contributed by atoms with Crippen LogP contribution in [0.4, 0.5) is 5.69 Å². The minimum Gasteiger partial charge on any atom is -0.493 e. The summed E-state index contributed by atoms with van der Waals surface area (Å²) in [6.07, 6.45) is 2.17. The Balaban J connectivity index is 1.28. The number of amides is 2. The number of nitrogens with zero attached hydrogens (tertiary/aromatic N) is 3. The average molecular weight is 632 g/mol. The Morgan fingerprint density at radius 1 is 0.889 bits per heavy atom. The van der Waals surface area contributed by atoms with Gasteiger partial charge >= 0.3 is 0 Å². The lowest BCUT2D eigenvalue weighted by Crippen LogP contribution is -2.54. The fourth-order valence-electron chi connectivity index (χ4n) is 6.90. The van der Waals surface area contributed by atoms with Crippen molar-refractivity contribution in [2.24, 2.45) is 0 Å². The zero-order chi connectivity index (χ0) is 31.7. The fourth-order valence-corrected chi connectivity index (χ4v) is 7.02. The highest BCUT2D eigenvalue weighted by molar-refractivity contribution is 6.30. The molecule has 45 heavy (non-hydrogen) atoms. The summed E-state index contributed by atoms with van der Waals surface area (Å²) in [6, 6.07) is 19.6. The molecule has 3 aromatic carbocycles. The second-order valence-electron chi connectivity index (χ2n) is 12.4. The van der Waals surface area contributed by atoms with Crippen LogP contribution in [0.5, 0.6) is 11.5 Å². The molecule has 8 nitrogen and oxygen atoms in total. The molecule has 3 aromatic rings. The van der Waals surface area contributed by atoms with Crippen molar-refractivity contribution in [3.63, 3.8) is 0 Å². The van der Waals surface area contributed by atoms with Gasteiger partial charge in [-0.1, -0.05) is 35.9 Å². The summed E-state index contributed by atoms with van der Waals surface area (Å²) >= 11 is 6.27. The van der Waals surface area contributed by atoms with Gasteiger partial charge in [0.25, 0.3) is 0 Å². The van der Waals surface area contributed by atoms with Crippen LogP contribution in [0.3, 0.4) is 0 Å². The molecule has 238 valence electrons. The van der Waals surface area contributed by atoms with Crippen molar-refractivity contribution in [2.45, 2.75) is 64.3 Å². The van der Waals surface area contributed by atoms with E-state index in [-0.39, 0.29) is 36.4 Å². The second-order valence-corrected chi connectivity index (χ2v) is 12.9. The number of anilines is 1. The van der Waals surface area contributed by atoms with Crippen LogP contribution in [0.2, 0.25) is 5.02 Å². The van der Waals surface area contributed by atoms with E-state index in [9.17, 15) is 9.59 Å². The average Bonchev–Trinajstić information content (AvgIpc) is 3.04. The molecular formula is C36H42ClN3O5. The summed E-state index contributed by atoms with van der Waals surface area (Å²) in [4.78, 5) is 33.3. The zero-order valence-electron chi connectivity index (χ0n) is 26.5. The molecule has 2 saturated heterocycles. The van der Waals surface area contributed by atoms with Crippen LogP contribution in [0, 0.1) is 0 Å². The third kappa shape index (κ3) is 6.55. The number of carbonyl (C=O) groups excluding carboxylic acids is 2. The second kappa shape index (κ2) is 13.4. The maximum absolute atomic E-state index is 13.9. The predicted molar refractivity (Wildman–Crippen MR) is 175 cm³/mol. The normalized spacial score (nSPS) is 20.4. The van der Waals surface area contributed by atoms with E-state index < -0.39 is 0 Å². The summed E-state index contributed by atoms with van der Waals surface area (Å²) in [5, 5.41) is 0.632. The molecule has 0 radical (unpaired) electrons. The number of hydrogen-bond donors (Lipinski definition) is 0. The fraction of sp³-hybridized carbons (Fsp3) is 0.444. The molecule has 3 aliphatic rings. The Morgan fingerprint density at radius 3 is 2.24 bits per heavy atom. The number of piperazine rings is 1. The van der Waals surface area contributed by atoms with Gasteiger partial charge in [-0.25, -0.2) is 0 Å². The zero-order valence-corrected chi connectivity index (χ0v) is 27.3. The number of fused-ring (bicyclic) bond motifs is 1. The smallest absolute Gasteiger partial charge is 0.237 e. The molecule has 3 aliphatic heterocycles. The third-order valence-corrected chi connectivity index (χ3v) is 9.50. The molecule has 0 aliphatic carbocycles. The van der Waals surface area contributed by atoms with E-state index in [4.69, 9.17) is 25.8 Å². The minimum absolute atomic E-state index is 0.0118. The van der Waals surface area contributed by atoms with Gasteiger partial charge in [-0.15, -0.1) is 0 Å². The number of methoxy groups -OCH3 is 1. The maximum atomic E-state index is 13.9. The van der Waals surface area contributed by atoms with Crippen LogP contribution in [-0.2, 0) is 20.7 Å². The van der Waals surface area contributed by atoms with Crippen molar-refractivity contribution >= 4 is 29.1 Å². The molecule has 0 aromatic heterocycles. The molecular weight excluding hydrogens is 590 g/mol. The summed E-state index contributed by atoms with van der Waals surface area (Å²) in [6.45, 7) is 9.60. The van der Waals surface area contributed by atoms with Crippen molar-refractivity contribution in [3.05, 3.63) is 87.9 Å². The molecule has 2 fully saturated rings.